The van der Waals surface area contributed by atoms with Gasteiger partial charge in [0.1, 0.15) is 5.01 Å². The largest absolute Gasteiger partial charge is 0.481 e. The van der Waals surface area contributed by atoms with Crippen LogP contribution in [0.5, 0.6) is 0 Å². The van der Waals surface area contributed by atoms with Crippen molar-refractivity contribution in [2.75, 3.05) is 5.75 Å². The summed E-state index contributed by atoms with van der Waals surface area (Å²) in [7, 11) is 0. The van der Waals surface area contributed by atoms with Gasteiger partial charge in [0, 0.05) is 10.6 Å². The molecule has 1 heterocycles. The Hall–Kier alpha value is -0.550. The standard InChI is InChI=1S/C12H19NO2S2/c1-4-16-7-10-13-12(8(2)3)9(17-10)5-6-11(14)15/h8H,4-7H2,1-3H3,(H,14,15). The van der Waals surface area contributed by atoms with Crippen LogP contribution in [0.15, 0.2) is 0 Å². The van der Waals surface area contributed by atoms with Crippen LogP contribution in [-0.4, -0.2) is 21.8 Å². The van der Waals surface area contributed by atoms with Gasteiger partial charge in [-0.05, 0) is 18.1 Å². The number of thiazole rings is 1. The highest BCUT2D eigenvalue weighted by Gasteiger charge is 2.14. The Morgan fingerprint density at radius 2 is 2.24 bits per heavy atom. The number of rotatable bonds is 7. The number of carbonyl (C=O) groups is 1. The number of hydrogen-bond acceptors (Lipinski definition) is 4. The van der Waals surface area contributed by atoms with Gasteiger partial charge in [0.25, 0.3) is 0 Å². The van der Waals surface area contributed by atoms with Crippen LogP contribution in [0.1, 0.15) is 48.7 Å². The number of thioether (sulfide) groups is 1. The molecular formula is C12H19NO2S2. The minimum Gasteiger partial charge on any atom is -0.481 e. The van der Waals surface area contributed by atoms with Crippen LogP contribution < -0.4 is 0 Å². The second-order valence-electron chi connectivity index (χ2n) is 4.10. The van der Waals surface area contributed by atoms with Gasteiger partial charge in [-0.2, -0.15) is 11.8 Å². The van der Waals surface area contributed by atoms with E-state index >= 15 is 0 Å². The lowest BCUT2D eigenvalue weighted by molar-refractivity contribution is -0.136. The first kappa shape index (κ1) is 14.5. The van der Waals surface area contributed by atoms with Crippen LogP contribution in [0.25, 0.3) is 0 Å². The molecule has 1 N–H and O–H groups in total. The van der Waals surface area contributed by atoms with E-state index in [9.17, 15) is 4.79 Å². The topological polar surface area (TPSA) is 50.2 Å². The van der Waals surface area contributed by atoms with Gasteiger partial charge in [0.2, 0.25) is 0 Å². The average Bonchev–Trinajstić information content (AvgIpc) is 2.67. The number of nitrogens with zero attached hydrogens (tertiary/aromatic N) is 1. The molecule has 0 amide bonds. The number of carboxylic acid groups (broad SMARTS) is 1. The highest BCUT2D eigenvalue weighted by molar-refractivity contribution is 7.98. The van der Waals surface area contributed by atoms with Crippen molar-refractivity contribution in [1.82, 2.24) is 4.98 Å². The van der Waals surface area contributed by atoms with E-state index in [0.717, 1.165) is 27.1 Å². The maximum atomic E-state index is 10.6. The number of aromatic nitrogens is 1. The Balaban J connectivity index is 2.77. The van der Waals surface area contributed by atoms with Gasteiger partial charge in [-0.25, -0.2) is 4.98 Å². The molecule has 1 rings (SSSR count). The molecule has 96 valence electrons. The molecule has 0 saturated heterocycles. The van der Waals surface area contributed by atoms with Gasteiger partial charge in [0.05, 0.1) is 12.1 Å². The highest BCUT2D eigenvalue weighted by atomic mass is 32.2. The fourth-order valence-electron chi connectivity index (χ4n) is 1.52. The van der Waals surface area contributed by atoms with E-state index < -0.39 is 5.97 Å². The number of carboxylic acids is 1. The van der Waals surface area contributed by atoms with Crippen molar-refractivity contribution in [3.05, 3.63) is 15.6 Å². The quantitative estimate of drug-likeness (QED) is 0.825. The van der Waals surface area contributed by atoms with E-state index in [1.54, 1.807) is 11.3 Å². The third-order valence-corrected chi connectivity index (χ3v) is 4.51. The molecule has 1 aromatic rings. The van der Waals surface area contributed by atoms with Crippen molar-refractivity contribution in [3.63, 3.8) is 0 Å². The van der Waals surface area contributed by atoms with Gasteiger partial charge in [-0.1, -0.05) is 20.8 Å². The lowest BCUT2D eigenvalue weighted by Gasteiger charge is -2.03. The van der Waals surface area contributed by atoms with Crippen LogP contribution in [0, 0.1) is 0 Å². The van der Waals surface area contributed by atoms with E-state index in [1.165, 1.54) is 0 Å². The fraction of sp³-hybridized carbons (Fsp3) is 0.667. The molecule has 0 fully saturated rings. The predicted octanol–water partition coefficient (Wildman–Crippen LogP) is 3.54. The molecule has 0 aromatic carbocycles. The molecule has 0 radical (unpaired) electrons. The zero-order chi connectivity index (χ0) is 12.8. The van der Waals surface area contributed by atoms with Crippen molar-refractivity contribution < 1.29 is 9.90 Å². The summed E-state index contributed by atoms with van der Waals surface area (Å²) < 4.78 is 0. The third-order valence-electron chi connectivity index (χ3n) is 2.31. The summed E-state index contributed by atoms with van der Waals surface area (Å²) in [5.41, 5.74) is 1.09. The van der Waals surface area contributed by atoms with Crippen LogP contribution in [0.2, 0.25) is 0 Å². The van der Waals surface area contributed by atoms with Crippen molar-refractivity contribution >= 4 is 29.1 Å². The van der Waals surface area contributed by atoms with E-state index in [4.69, 9.17) is 5.11 Å². The monoisotopic (exact) mass is 273 g/mol. The van der Waals surface area contributed by atoms with Gasteiger partial charge < -0.3 is 5.11 Å². The minimum atomic E-state index is -0.738. The molecule has 0 unspecified atom stereocenters. The SMILES string of the molecule is CCSCc1nc(C(C)C)c(CCC(=O)O)s1. The normalized spacial score (nSPS) is 11.1. The fourth-order valence-corrected chi connectivity index (χ4v) is 3.46. The summed E-state index contributed by atoms with van der Waals surface area (Å²) in [5.74, 6) is 1.66. The lowest BCUT2D eigenvalue weighted by Crippen LogP contribution is -1.99. The van der Waals surface area contributed by atoms with Crippen LogP contribution in [-0.2, 0) is 17.0 Å². The number of aliphatic carboxylic acids is 1. The summed E-state index contributed by atoms with van der Waals surface area (Å²) in [6, 6.07) is 0. The van der Waals surface area contributed by atoms with Gasteiger partial charge in [-0.3, -0.25) is 4.79 Å². The molecule has 0 bridgehead atoms. The minimum absolute atomic E-state index is 0.197. The molecular weight excluding hydrogens is 254 g/mol. The first-order valence-corrected chi connectivity index (χ1v) is 7.79. The molecule has 0 saturated carbocycles. The molecule has 0 aliphatic heterocycles. The lowest BCUT2D eigenvalue weighted by atomic mass is 10.1. The molecule has 0 atom stereocenters. The molecule has 0 aliphatic rings. The Morgan fingerprint density at radius 1 is 1.53 bits per heavy atom. The maximum absolute atomic E-state index is 10.6. The second-order valence-corrected chi connectivity index (χ2v) is 6.54. The Bertz CT molecular complexity index is 375. The van der Waals surface area contributed by atoms with Crippen LogP contribution in [0.3, 0.4) is 0 Å². The Morgan fingerprint density at radius 3 is 2.76 bits per heavy atom. The molecule has 5 heteroatoms. The Kier molecular flexibility index (Phi) is 5.98. The summed E-state index contributed by atoms with van der Waals surface area (Å²) >= 11 is 3.53. The number of hydrogen-bond donors (Lipinski definition) is 1. The Labute approximate surface area is 111 Å². The van der Waals surface area contributed by atoms with Gasteiger partial charge in [0.15, 0.2) is 0 Å². The summed E-state index contributed by atoms with van der Waals surface area (Å²) in [4.78, 5) is 16.4. The van der Waals surface area contributed by atoms with Crippen molar-refractivity contribution in [2.24, 2.45) is 0 Å². The van der Waals surface area contributed by atoms with Crippen LogP contribution >= 0.6 is 23.1 Å². The summed E-state index contributed by atoms with van der Waals surface area (Å²) in [6.45, 7) is 6.35. The zero-order valence-electron chi connectivity index (χ0n) is 10.5. The number of aryl methyl sites for hydroxylation is 1. The average molecular weight is 273 g/mol. The van der Waals surface area contributed by atoms with E-state index in [-0.39, 0.29) is 6.42 Å². The van der Waals surface area contributed by atoms with Crippen molar-refractivity contribution in [2.45, 2.75) is 45.3 Å². The molecule has 17 heavy (non-hydrogen) atoms. The smallest absolute Gasteiger partial charge is 0.303 e. The predicted molar refractivity (Wildman–Crippen MR) is 74.0 cm³/mol. The summed E-state index contributed by atoms with van der Waals surface area (Å²) in [6.07, 6.45) is 0.805. The van der Waals surface area contributed by atoms with Crippen LogP contribution in [0.4, 0.5) is 0 Å². The van der Waals surface area contributed by atoms with Gasteiger partial charge >= 0.3 is 5.97 Å². The van der Waals surface area contributed by atoms with E-state index in [0.29, 0.717) is 12.3 Å². The zero-order valence-corrected chi connectivity index (χ0v) is 12.2. The molecule has 3 nitrogen and oxygen atoms in total. The van der Waals surface area contributed by atoms with E-state index in [2.05, 4.69) is 25.8 Å². The highest BCUT2D eigenvalue weighted by Crippen LogP contribution is 2.28. The van der Waals surface area contributed by atoms with E-state index in [1.807, 2.05) is 11.8 Å². The first-order valence-electron chi connectivity index (χ1n) is 5.82. The van der Waals surface area contributed by atoms with Crippen molar-refractivity contribution in [1.29, 1.82) is 0 Å². The molecule has 0 spiro atoms. The molecule has 0 aliphatic carbocycles. The maximum Gasteiger partial charge on any atom is 0.303 e. The molecule has 1 aromatic heterocycles. The first-order chi connectivity index (χ1) is 8.04. The van der Waals surface area contributed by atoms with Crippen molar-refractivity contribution in [3.8, 4) is 0 Å². The third kappa shape index (κ3) is 4.68. The summed E-state index contributed by atoms with van der Waals surface area (Å²) in [5, 5.41) is 9.86. The second kappa shape index (κ2) is 7.01. The van der Waals surface area contributed by atoms with Gasteiger partial charge in [-0.15, -0.1) is 11.3 Å².